The van der Waals surface area contributed by atoms with E-state index in [1.165, 1.54) is 13.2 Å². The molecule has 2 rings (SSSR count). The Labute approximate surface area is 117 Å². The summed E-state index contributed by atoms with van der Waals surface area (Å²) < 4.78 is 18.4. The van der Waals surface area contributed by atoms with Crippen molar-refractivity contribution in [2.75, 3.05) is 7.11 Å². The van der Waals surface area contributed by atoms with Crippen LogP contribution in [-0.4, -0.2) is 13.1 Å². The van der Waals surface area contributed by atoms with Crippen LogP contribution in [0.5, 0.6) is 0 Å². The molecule has 2 aromatic carbocycles. The SMILES string of the molecule is COC(=O)c1ccc(CNCc2ccccc2)c(F)c1. The van der Waals surface area contributed by atoms with Gasteiger partial charge in [0, 0.05) is 18.7 Å². The number of esters is 1. The Morgan fingerprint density at radius 2 is 1.90 bits per heavy atom. The summed E-state index contributed by atoms with van der Waals surface area (Å²) in [6, 6.07) is 14.2. The van der Waals surface area contributed by atoms with Crippen molar-refractivity contribution < 1.29 is 13.9 Å². The quantitative estimate of drug-likeness (QED) is 0.851. The van der Waals surface area contributed by atoms with Crippen LogP contribution in [0.3, 0.4) is 0 Å². The average Bonchev–Trinajstić information content (AvgIpc) is 2.49. The second-order valence-electron chi connectivity index (χ2n) is 4.39. The van der Waals surface area contributed by atoms with Gasteiger partial charge in [-0.1, -0.05) is 36.4 Å². The van der Waals surface area contributed by atoms with Gasteiger partial charge in [0.15, 0.2) is 0 Å². The van der Waals surface area contributed by atoms with E-state index in [9.17, 15) is 9.18 Å². The van der Waals surface area contributed by atoms with Gasteiger partial charge in [-0.15, -0.1) is 0 Å². The van der Waals surface area contributed by atoms with Gasteiger partial charge in [0.05, 0.1) is 12.7 Å². The molecule has 0 aliphatic rings. The summed E-state index contributed by atoms with van der Waals surface area (Å²) >= 11 is 0. The first-order valence-electron chi connectivity index (χ1n) is 6.32. The minimum Gasteiger partial charge on any atom is -0.465 e. The number of rotatable bonds is 5. The summed E-state index contributed by atoms with van der Waals surface area (Å²) in [6.45, 7) is 1.07. The molecule has 4 heteroatoms. The van der Waals surface area contributed by atoms with Crippen molar-refractivity contribution >= 4 is 5.97 Å². The molecule has 0 spiro atoms. The van der Waals surface area contributed by atoms with Crippen LogP contribution in [0.25, 0.3) is 0 Å². The second kappa shape index (κ2) is 6.82. The van der Waals surface area contributed by atoms with E-state index in [-0.39, 0.29) is 5.56 Å². The Hall–Kier alpha value is -2.20. The zero-order valence-electron chi connectivity index (χ0n) is 11.2. The fourth-order valence-electron chi connectivity index (χ4n) is 1.87. The van der Waals surface area contributed by atoms with Gasteiger partial charge in [-0.05, 0) is 17.7 Å². The first-order chi connectivity index (χ1) is 9.70. The zero-order valence-corrected chi connectivity index (χ0v) is 11.2. The fourth-order valence-corrected chi connectivity index (χ4v) is 1.87. The predicted molar refractivity (Wildman–Crippen MR) is 74.7 cm³/mol. The highest BCUT2D eigenvalue weighted by atomic mass is 19.1. The van der Waals surface area contributed by atoms with E-state index >= 15 is 0 Å². The molecule has 3 nitrogen and oxygen atoms in total. The second-order valence-corrected chi connectivity index (χ2v) is 4.39. The predicted octanol–water partition coefficient (Wildman–Crippen LogP) is 2.90. The molecule has 0 saturated heterocycles. The van der Waals surface area contributed by atoms with Crippen molar-refractivity contribution in [3.63, 3.8) is 0 Å². The van der Waals surface area contributed by atoms with E-state index in [0.29, 0.717) is 18.7 Å². The molecule has 104 valence electrons. The molecule has 1 N–H and O–H groups in total. The minimum atomic E-state index is -0.535. The lowest BCUT2D eigenvalue weighted by atomic mass is 10.1. The summed E-state index contributed by atoms with van der Waals surface area (Å²) in [5.41, 5.74) is 1.88. The molecule has 0 amide bonds. The Kier molecular flexibility index (Phi) is 4.85. The van der Waals surface area contributed by atoms with E-state index < -0.39 is 11.8 Å². The van der Waals surface area contributed by atoms with Gasteiger partial charge in [-0.25, -0.2) is 9.18 Å². The Bertz CT molecular complexity index is 584. The number of nitrogens with one attached hydrogen (secondary N) is 1. The van der Waals surface area contributed by atoms with Crippen LogP contribution in [-0.2, 0) is 17.8 Å². The van der Waals surface area contributed by atoms with Crippen LogP contribution in [0.2, 0.25) is 0 Å². The van der Waals surface area contributed by atoms with E-state index in [0.717, 1.165) is 5.56 Å². The molecule has 0 atom stereocenters. The standard InChI is InChI=1S/C16H16FNO2/c1-20-16(19)13-7-8-14(15(17)9-13)11-18-10-12-5-3-2-4-6-12/h2-9,18H,10-11H2,1H3. The van der Waals surface area contributed by atoms with Gasteiger partial charge in [0.1, 0.15) is 5.82 Å². The number of carbonyl (C=O) groups is 1. The van der Waals surface area contributed by atoms with Crippen molar-refractivity contribution in [1.82, 2.24) is 5.32 Å². The lowest BCUT2D eigenvalue weighted by Crippen LogP contribution is -2.14. The molecule has 0 aliphatic heterocycles. The third-order valence-electron chi connectivity index (χ3n) is 2.96. The molecule has 0 aliphatic carbocycles. The Morgan fingerprint density at radius 3 is 2.55 bits per heavy atom. The lowest BCUT2D eigenvalue weighted by molar-refractivity contribution is 0.0600. The van der Waals surface area contributed by atoms with E-state index in [1.54, 1.807) is 12.1 Å². The van der Waals surface area contributed by atoms with Gasteiger partial charge in [0.25, 0.3) is 0 Å². The Balaban J connectivity index is 1.95. The summed E-state index contributed by atoms with van der Waals surface area (Å²) in [6.07, 6.45) is 0. The average molecular weight is 273 g/mol. The zero-order chi connectivity index (χ0) is 14.4. The number of ether oxygens (including phenoxy) is 1. The number of halogens is 1. The number of benzene rings is 2. The smallest absolute Gasteiger partial charge is 0.337 e. The van der Waals surface area contributed by atoms with Crippen LogP contribution >= 0.6 is 0 Å². The van der Waals surface area contributed by atoms with Gasteiger partial charge in [-0.3, -0.25) is 0 Å². The van der Waals surface area contributed by atoms with Crippen LogP contribution < -0.4 is 5.32 Å². The third kappa shape index (κ3) is 3.65. The van der Waals surface area contributed by atoms with Crippen molar-refractivity contribution in [3.8, 4) is 0 Å². The van der Waals surface area contributed by atoms with E-state index in [2.05, 4.69) is 10.1 Å². The molecule has 0 fully saturated rings. The fraction of sp³-hybridized carbons (Fsp3) is 0.188. The molecule has 0 radical (unpaired) electrons. The lowest BCUT2D eigenvalue weighted by Gasteiger charge is -2.07. The van der Waals surface area contributed by atoms with Gasteiger partial charge in [0.2, 0.25) is 0 Å². The number of methoxy groups -OCH3 is 1. The van der Waals surface area contributed by atoms with E-state index in [1.807, 2.05) is 30.3 Å². The largest absolute Gasteiger partial charge is 0.465 e. The molecule has 2 aromatic rings. The maximum Gasteiger partial charge on any atom is 0.337 e. The number of hydrogen-bond acceptors (Lipinski definition) is 3. The number of carbonyl (C=O) groups excluding carboxylic acids is 1. The number of hydrogen-bond donors (Lipinski definition) is 1. The summed E-state index contributed by atoms with van der Waals surface area (Å²) in [5, 5.41) is 3.17. The highest BCUT2D eigenvalue weighted by Crippen LogP contribution is 2.11. The van der Waals surface area contributed by atoms with Gasteiger partial charge < -0.3 is 10.1 Å². The maximum absolute atomic E-state index is 13.8. The van der Waals surface area contributed by atoms with Crippen LogP contribution in [0, 0.1) is 5.82 Å². The normalized spacial score (nSPS) is 10.3. The molecular formula is C16H16FNO2. The summed E-state index contributed by atoms with van der Waals surface area (Å²) in [5.74, 6) is -0.943. The topological polar surface area (TPSA) is 38.3 Å². The molecule has 0 unspecified atom stereocenters. The van der Waals surface area contributed by atoms with Crippen molar-refractivity contribution in [1.29, 1.82) is 0 Å². The molecule has 0 heterocycles. The highest BCUT2D eigenvalue weighted by Gasteiger charge is 2.09. The Morgan fingerprint density at radius 1 is 1.15 bits per heavy atom. The van der Waals surface area contributed by atoms with Gasteiger partial charge in [-0.2, -0.15) is 0 Å². The molecule has 0 bridgehead atoms. The third-order valence-corrected chi connectivity index (χ3v) is 2.96. The van der Waals surface area contributed by atoms with Gasteiger partial charge >= 0.3 is 5.97 Å². The first-order valence-corrected chi connectivity index (χ1v) is 6.32. The molecule has 20 heavy (non-hydrogen) atoms. The summed E-state index contributed by atoms with van der Waals surface area (Å²) in [4.78, 5) is 11.3. The van der Waals surface area contributed by atoms with Crippen LogP contribution in [0.4, 0.5) is 4.39 Å². The summed E-state index contributed by atoms with van der Waals surface area (Å²) in [7, 11) is 1.27. The van der Waals surface area contributed by atoms with Crippen LogP contribution in [0.1, 0.15) is 21.5 Å². The van der Waals surface area contributed by atoms with Crippen molar-refractivity contribution in [3.05, 3.63) is 71.0 Å². The molecule has 0 saturated carbocycles. The molecular weight excluding hydrogens is 257 g/mol. The minimum absolute atomic E-state index is 0.219. The first kappa shape index (κ1) is 14.2. The van der Waals surface area contributed by atoms with E-state index in [4.69, 9.17) is 0 Å². The highest BCUT2D eigenvalue weighted by molar-refractivity contribution is 5.89. The molecule has 0 aromatic heterocycles. The maximum atomic E-state index is 13.8. The monoisotopic (exact) mass is 273 g/mol. The van der Waals surface area contributed by atoms with Crippen LogP contribution in [0.15, 0.2) is 48.5 Å². The van der Waals surface area contributed by atoms with Crippen molar-refractivity contribution in [2.24, 2.45) is 0 Å². The van der Waals surface area contributed by atoms with Crippen molar-refractivity contribution in [2.45, 2.75) is 13.1 Å².